The van der Waals surface area contributed by atoms with Crippen LogP contribution in [0.2, 0.25) is 0 Å². The summed E-state index contributed by atoms with van der Waals surface area (Å²) in [4.78, 5) is 15.6. The second kappa shape index (κ2) is 4.78. The highest BCUT2D eigenvalue weighted by molar-refractivity contribution is 7.10. The number of fused-ring (bicyclic) bond motifs is 1. The van der Waals surface area contributed by atoms with Gasteiger partial charge in [-0.3, -0.25) is 4.79 Å². The number of carbonyl (C=O) groups excluding carboxylic acids is 1. The molecular formula is C13H20N2OS. The van der Waals surface area contributed by atoms with Crippen LogP contribution in [-0.4, -0.2) is 23.4 Å². The topological polar surface area (TPSA) is 46.3 Å². The Balaban J connectivity index is 2.17. The molecule has 0 bridgehead atoms. The molecule has 17 heavy (non-hydrogen) atoms. The third-order valence-corrected chi connectivity index (χ3v) is 4.56. The van der Waals surface area contributed by atoms with Gasteiger partial charge in [-0.05, 0) is 36.3 Å². The molecule has 1 amide bonds. The lowest BCUT2D eigenvalue weighted by Crippen LogP contribution is -2.49. The van der Waals surface area contributed by atoms with Crippen molar-refractivity contribution in [3.8, 4) is 0 Å². The second-order valence-electron chi connectivity index (χ2n) is 5.03. The van der Waals surface area contributed by atoms with E-state index in [2.05, 4.69) is 18.4 Å². The molecule has 1 aliphatic rings. The summed E-state index contributed by atoms with van der Waals surface area (Å²) in [6, 6.07) is 1.92. The SMILES string of the molecule is CC(C)[C@@H](N)C(=O)N1CCc2sccc2C1C. The molecule has 0 saturated carbocycles. The maximum absolute atomic E-state index is 12.3. The summed E-state index contributed by atoms with van der Waals surface area (Å²) < 4.78 is 0. The predicted octanol–water partition coefficient (Wildman–Crippen LogP) is 2.18. The minimum absolute atomic E-state index is 0.0874. The van der Waals surface area contributed by atoms with Crippen LogP contribution in [0.15, 0.2) is 11.4 Å². The van der Waals surface area contributed by atoms with Crippen molar-refractivity contribution in [2.45, 2.75) is 39.3 Å². The van der Waals surface area contributed by atoms with E-state index >= 15 is 0 Å². The molecular weight excluding hydrogens is 232 g/mol. The first-order chi connectivity index (χ1) is 8.02. The molecule has 0 aromatic carbocycles. The van der Waals surface area contributed by atoms with Crippen LogP contribution in [0.25, 0.3) is 0 Å². The molecule has 1 aliphatic heterocycles. The largest absolute Gasteiger partial charge is 0.334 e. The Morgan fingerprint density at radius 3 is 2.94 bits per heavy atom. The zero-order valence-electron chi connectivity index (χ0n) is 10.6. The first-order valence-electron chi connectivity index (χ1n) is 6.14. The summed E-state index contributed by atoms with van der Waals surface area (Å²) >= 11 is 1.79. The van der Waals surface area contributed by atoms with E-state index in [1.807, 2.05) is 18.7 Å². The molecule has 0 fully saturated rings. The molecule has 1 unspecified atom stereocenters. The quantitative estimate of drug-likeness (QED) is 0.877. The van der Waals surface area contributed by atoms with Crippen molar-refractivity contribution in [1.29, 1.82) is 0 Å². The Hall–Kier alpha value is -0.870. The number of rotatable bonds is 2. The van der Waals surface area contributed by atoms with E-state index in [0.717, 1.165) is 13.0 Å². The van der Waals surface area contributed by atoms with Crippen LogP contribution in [0.3, 0.4) is 0 Å². The standard InChI is InChI=1S/C13H20N2OS/c1-8(2)12(14)13(16)15-6-4-11-10(9(15)3)5-7-17-11/h5,7-9,12H,4,6,14H2,1-3H3/t9?,12-/m1/s1. The third-order valence-electron chi connectivity index (χ3n) is 3.56. The van der Waals surface area contributed by atoms with Crippen LogP contribution < -0.4 is 5.73 Å². The summed E-state index contributed by atoms with van der Waals surface area (Å²) in [7, 11) is 0. The zero-order valence-corrected chi connectivity index (χ0v) is 11.5. The molecule has 0 radical (unpaired) electrons. The summed E-state index contributed by atoms with van der Waals surface area (Å²) in [5.41, 5.74) is 7.26. The fourth-order valence-corrected chi connectivity index (χ4v) is 3.25. The van der Waals surface area contributed by atoms with E-state index in [1.165, 1.54) is 10.4 Å². The molecule has 1 aromatic rings. The Morgan fingerprint density at radius 2 is 2.29 bits per heavy atom. The number of nitrogens with zero attached hydrogens (tertiary/aromatic N) is 1. The molecule has 4 heteroatoms. The summed E-state index contributed by atoms with van der Waals surface area (Å²) in [5, 5.41) is 2.11. The lowest BCUT2D eigenvalue weighted by Gasteiger charge is -2.36. The maximum atomic E-state index is 12.3. The molecule has 0 saturated heterocycles. The number of hydrogen-bond acceptors (Lipinski definition) is 3. The molecule has 1 aromatic heterocycles. The van der Waals surface area contributed by atoms with Crippen molar-refractivity contribution >= 4 is 17.2 Å². The normalized spacial score (nSPS) is 21.5. The lowest BCUT2D eigenvalue weighted by molar-refractivity contribution is -0.136. The van der Waals surface area contributed by atoms with E-state index in [-0.39, 0.29) is 23.9 Å². The van der Waals surface area contributed by atoms with Gasteiger partial charge in [0.05, 0.1) is 12.1 Å². The predicted molar refractivity (Wildman–Crippen MR) is 71.0 cm³/mol. The number of amides is 1. The summed E-state index contributed by atoms with van der Waals surface area (Å²) in [6.07, 6.45) is 0.966. The molecule has 94 valence electrons. The van der Waals surface area contributed by atoms with Gasteiger partial charge in [-0.15, -0.1) is 11.3 Å². The highest BCUT2D eigenvalue weighted by atomic mass is 32.1. The first-order valence-corrected chi connectivity index (χ1v) is 7.02. The third kappa shape index (κ3) is 2.24. The number of hydrogen-bond donors (Lipinski definition) is 1. The van der Waals surface area contributed by atoms with Gasteiger partial charge in [0, 0.05) is 11.4 Å². The summed E-state index contributed by atoms with van der Waals surface area (Å²) in [6.45, 7) is 6.88. The average molecular weight is 252 g/mol. The van der Waals surface area contributed by atoms with Crippen molar-refractivity contribution in [1.82, 2.24) is 4.90 Å². The van der Waals surface area contributed by atoms with Gasteiger partial charge in [-0.25, -0.2) is 0 Å². The van der Waals surface area contributed by atoms with E-state index in [1.54, 1.807) is 11.3 Å². The van der Waals surface area contributed by atoms with Gasteiger partial charge in [0.15, 0.2) is 0 Å². The average Bonchev–Trinajstić information content (AvgIpc) is 2.76. The lowest BCUT2D eigenvalue weighted by atomic mass is 9.98. The van der Waals surface area contributed by atoms with Gasteiger partial charge in [0.1, 0.15) is 0 Å². The highest BCUT2D eigenvalue weighted by Crippen LogP contribution is 2.33. The van der Waals surface area contributed by atoms with Crippen LogP contribution in [-0.2, 0) is 11.2 Å². The van der Waals surface area contributed by atoms with Crippen molar-refractivity contribution in [3.05, 3.63) is 21.9 Å². The van der Waals surface area contributed by atoms with Crippen LogP contribution >= 0.6 is 11.3 Å². The summed E-state index contributed by atoms with van der Waals surface area (Å²) in [5.74, 6) is 0.280. The second-order valence-corrected chi connectivity index (χ2v) is 6.03. The Bertz CT molecular complexity index is 413. The Labute approximate surface area is 107 Å². The number of thiophene rings is 1. The fraction of sp³-hybridized carbons (Fsp3) is 0.615. The zero-order chi connectivity index (χ0) is 12.6. The monoisotopic (exact) mass is 252 g/mol. The van der Waals surface area contributed by atoms with E-state index < -0.39 is 0 Å². The van der Waals surface area contributed by atoms with Gasteiger partial charge in [-0.2, -0.15) is 0 Å². The van der Waals surface area contributed by atoms with Gasteiger partial charge >= 0.3 is 0 Å². The minimum Gasteiger partial charge on any atom is -0.334 e. The molecule has 0 aliphatic carbocycles. The minimum atomic E-state index is -0.377. The molecule has 2 heterocycles. The van der Waals surface area contributed by atoms with E-state index in [9.17, 15) is 4.79 Å². The maximum Gasteiger partial charge on any atom is 0.240 e. The Morgan fingerprint density at radius 1 is 1.59 bits per heavy atom. The van der Waals surface area contributed by atoms with Gasteiger partial charge in [0.2, 0.25) is 5.91 Å². The number of carbonyl (C=O) groups is 1. The molecule has 2 N–H and O–H groups in total. The Kier molecular flexibility index (Phi) is 3.54. The van der Waals surface area contributed by atoms with Gasteiger partial charge in [-0.1, -0.05) is 13.8 Å². The van der Waals surface area contributed by atoms with Crippen LogP contribution in [0.4, 0.5) is 0 Å². The number of nitrogens with two attached hydrogens (primary N) is 1. The fourth-order valence-electron chi connectivity index (χ4n) is 2.29. The van der Waals surface area contributed by atoms with E-state index in [4.69, 9.17) is 5.73 Å². The van der Waals surface area contributed by atoms with Gasteiger partial charge in [0.25, 0.3) is 0 Å². The van der Waals surface area contributed by atoms with Crippen LogP contribution in [0.5, 0.6) is 0 Å². The highest BCUT2D eigenvalue weighted by Gasteiger charge is 2.31. The molecule has 2 rings (SSSR count). The molecule has 0 spiro atoms. The van der Waals surface area contributed by atoms with Crippen molar-refractivity contribution in [2.24, 2.45) is 11.7 Å². The van der Waals surface area contributed by atoms with Crippen LogP contribution in [0.1, 0.15) is 37.3 Å². The van der Waals surface area contributed by atoms with E-state index in [0.29, 0.717) is 0 Å². The molecule has 3 nitrogen and oxygen atoms in total. The molecule has 2 atom stereocenters. The van der Waals surface area contributed by atoms with Crippen molar-refractivity contribution in [2.75, 3.05) is 6.54 Å². The van der Waals surface area contributed by atoms with Gasteiger partial charge < -0.3 is 10.6 Å². The smallest absolute Gasteiger partial charge is 0.240 e. The first kappa shape index (κ1) is 12.6. The van der Waals surface area contributed by atoms with Crippen molar-refractivity contribution < 1.29 is 4.79 Å². The van der Waals surface area contributed by atoms with Crippen molar-refractivity contribution in [3.63, 3.8) is 0 Å². The van der Waals surface area contributed by atoms with Crippen LogP contribution in [0, 0.1) is 5.92 Å².